The van der Waals surface area contributed by atoms with Crippen LogP contribution in [0.2, 0.25) is 0 Å². The van der Waals surface area contributed by atoms with Gasteiger partial charge in [0, 0.05) is 20.3 Å². The normalized spacial score (nSPS) is 17.9. The first-order chi connectivity index (χ1) is 9.83. The SMILES string of the molecule is CNC(=O)c1cc(S(=O)(=O)NC2(CO)CCCC2)cn1C. The highest BCUT2D eigenvalue weighted by Gasteiger charge is 2.38. The van der Waals surface area contributed by atoms with Crippen LogP contribution < -0.4 is 10.0 Å². The van der Waals surface area contributed by atoms with Crippen LogP contribution in [0.25, 0.3) is 0 Å². The second-order valence-corrected chi connectivity index (χ2v) is 7.18. The lowest BCUT2D eigenvalue weighted by molar-refractivity contribution is 0.0955. The second-order valence-electron chi connectivity index (χ2n) is 5.50. The fourth-order valence-electron chi connectivity index (χ4n) is 2.72. The molecule has 1 aliphatic rings. The molecule has 1 heterocycles. The molecule has 0 aromatic carbocycles. The number of nitrogens with zero attached hydrogens (tertiary/aromatic N) is 1. The number of carbonyl (C=O) groups excluding carboxylic acids is 1. The van der Waals surface area contributed by atoms with Crippen LogP contribution in [0.1, 0.15) is 36.2 Å². The van der Waals surface area contributed by atoms with Gasteiger partial charge < -0.3 is 15.0 Å². The van der Waals surface area contributed by atoms with Gasteiger partial charge in [-0.05, 0) is 18.9 Å². The maximum Gasteiger partial charge on any atom is 0.267 e. The summed E-state index contributed by atoms with van der Waals surface area (Å²) in [6.07, 6.45) is 4.42. The van der Waals surface area contributed by atoms with E-state index in [1.165, 1.54) is 23.9 Å². The van der Waals surface area contributed by atoms with Gasteiger partial charge in [-0.1, -0.05) is 12.8 Å². The number of sulfonamides is 1. The van der Waals surface area contributed by atoms with E-state index in [0.29, 0.717) is 12.8 Å². The zero-order chi connectivity index (χ0) is 15.7. The van der Waals surface area contributed by atoms with Crippen LogP contribution in [0.4, 0.5) is 0 Å². The van der Waals surface area contributed by atoms with E-state index in [9.17, 15) is 18.3 Å². The highest BCUT2D eigenvalue weighted by atomic mass is 32.2. The average molecular weight is 315 g/mol. The van der Waals surface area contributed by atoms with E-state index in [2.05, 4.69) is 10.0 Å². The summed E-state index contributed by atoms with van der Waals surface area (Å²) in [5.74, 6) is -0.350. The molecule has 0 saturated heterocycles. The fraction of sp³-hybridized carbons (Fsp3) is 0.615. The summed E-state index contributed by atoms with van der Waals surface area (Å²) in [6, 6.07) is 1.33. The summed E-state index contributed by atoms with van der Waals surface area (Å²) in [7, 11) is -0.669. The predicted molar refractivity (Wildman–Crippen MR) is 77.4 cm³/mol. The van der Waals surface area contributed by atoms with Crippen molar-refractivity contribution >= 4 is 15.9 Å². The van der Waals surface area contributed by atoms with Gasteiger partial charge in [0.25, 0.3) is 5.91 Å². The summed E-state index contributed by atoms with van der Waals surface area (Å²) < 4.78 is 29.0. The van der Waals surface area contributed by atoms with Crippen LogP contribution in [0, 0.1) is 0 Å². The van der Waals surface area contributed by atoms with Gasteiger partial charge in [-0.25, -0.2) is 13.1 Å². The largest absolute Gasteiger partial charge is 0.394 e. The zero-order valence-corrected chi connectivity index (χ0v) is 13.0. The highest BCUT2D eigenvalue weighted by Crippen LogP contribution is 2.31. The van der Waals surface area contributed by atoms with E-state index >= 15 is 0 Å². The molecule has 8 heteroatoms. The predicted octanol–water partition coefficient (Wildman–Crippen LogP) is -0.0319. The number of hydrogen-bond acceptors (Lipinski definition) is 4. The van der Waals surface area contributed by atoms with Crippen molar-refractivity contribution in [2.45, 2.75) is 36.1 Å². The lowest BCUT2D eigenvalue weighted by Gasteiger charge is -2.27. The van der Waals surface area contributed by atoms with E-state index in [1.54, 1.807) is 7.05 Å². The lowest BCUT2D eigenvalue weighted by Crippen LogP contribution is -2.48. The molecule has 0 spiro atoms. The first-order valence-corrected chi connectivity index (χ1v) is 8.35. The Morgan fingerprint density at radius 1 is 1.43 bits per heavy atom. The number of aliphatic hydroxyl groups excluding tert-OH is 1. The summed E-state index contributed by atoms with van der Waals surface area (Å²) in [6.45, 7) is -0.221. The van der Waals surface area contributed by atoms with Gasteiger partial charge in [-0.3, -0.25) is 4.79 Å². The summed E-state index contributed by atoms with van der Waals surface area (Å²) in [5, 5.41) is 12.0. The Morgan fingerprint density at radius 2 is 2.05 bits per heavy atom. The van der Waals surface area contributed by atoms with Crippen LogP contribution in [-0.2, 0) is 17.1 Å². The molecule has 0 unspecified atom stereocenters. The molecule has 118 valence electrons. The van der Waals surface area contributed by atoms with E-state index in [1.807, 2.05) is 0 Å². The minimum Gasteiger partial charge on any atom is -0.394 e. The van der Waals surface area contributed by atoms with Crippen molar-refractivity contribution in [3.05, 3.63) is 18.0 Å². The van der Waals surface area contributed by atoms with Crippen LogP contribution in [0.3, 0.4) is 0 Å². The molecule has 2 rings (SSSR count). The molecule has 1 aliphatic carbocycles. The molecule has 7 nitrogen and oxygen atoms in total. The van der Waals surface area contributed by atoms with E-state index in [4.69, 9.17) is 0 Å². The molecular weight excluding hydrogens is 294 g/mol. The molecule has 0 radical (unpaired) electrons. The standard InChI is InChI=1S/C13H21N3O4S/c1-14-12(18)11-7-10(8-16(11)2)21(19,20)15-13(9-17)5-3-4-6-13/h7-8,15,17H,3-6,9H2,1-2H3,(H,14,18). The van der Waals surface area contributed by atoms with Crippen molar-refractivity contribution in [1.29, 1.82) is 0 Å². The molecule has 1 amide bonds. The number of aliphatic hydroxyl groups is 1. The number of aromatic nitrogens is 1. The smallest absolute Gasteiger partial charge is 0.267 e. The lowest BCUT2D eigenvalue weighted by atomic mass is 10.0. The van der Waals surface area contributed by atoms with Crippen molar-refractivity contribution < 1.29 is 18.3 Å². The number of aryl methyl sites for hydroxylation is 1. The van der Waals surface area contributed by atoms with Crippen LogP contribution in [0.5, 0.6) is 0 Å². The molecule has 1 aromatic heterocycles. The van der Waals surface area contributed by atoms with Crippen LogP contribution in [0.15, 0.2) is 17.2 Å². The van der Waals surface area contributed by atoms with Crippen molar-refractivity contribution in [2.24, 2.45) is 7.05 Å². The molecule has 3 N–H and O–H groups in total. The Morgan fingerprint density at radius 3 is 2.57 bits per heavy atom. The minimum absolute atomic E-state index is 0.0309. The van der Waals surface area contributed by atoms with Crippen LogP contribution in [-0.4, -0.2) is 43.2 Å². The quantitative estimate of drug-likeness (QED) is 0.710. The number of amides is 1. The number of nitrogens with one attached hydrogen (secondary N) is 2. The maximum atomic E-state index is 12.5. The summed E-state index contributed by atoms with van der Waals surface area (Å²) in [4.78, 5) is 11.7. The molecule has 0 bridgehead atoms. The second kappa shape index (κ2) is 5.78. The van der Waals surface area contributed by atoms with E-state index in [-0.39, 0.29) is 23.1 Å². The third-order valence-corrected chi connectivity index (χ3v) is 5.51. The molecule has 1 saturated carbocycles. The Hall–Kier alpha value is -1.38. The van der Waals surface area contributed by atoms with Gasteiger partial charge in [-0.15, -0.1) is 0 Å². The van der Waals surface area contributed by atoms with Crippen molar-refractivity contribution in [2.75, 3.05) is 13.7 Å². The summed E-state index contributed by atoms with van der Waals surface area (Å²) in [5.41, 5.74) is -0.510. The van der Waals surface area contributed by atoms with Gasteiger partial charge in [0.15, 0.2) is 0 Å². The highest BCUT2D eigenvalue weighted by molar-refractivity contribution is 7.89. The van der Waals surface area contributed by atoms with Gasteiger partial charge in [0.2, 0.25) is 10.0 Å². The van der Waals surface area contributed by atoms with Gasteiger partial charge in [0.1, 0.15) is 10.6 Å². The molecule has 1 aromatic rings. The Bertz CT molecular complexity index is 630. The molecule has 0 aliphatic heterocycles. The monoisotopic (exact) mass is 315 g/mol. The molecule has 21 heavy (non-hydrogen) atoms. The molecule has 0 atom stereocenters. The minimum atomic E-state index is -3.77. The van der Waals surface area contributed by atoms with Crippen LogP contribution >= 0.6 is 0 Å². The summed E-state index contributed by atoms with van der Waals surface area (Å²) >= 11 is 0. The third-order valence-electron chi connectivity index (χ3n) is 3.96. The van der Waals surface area contributed by atoms with Gasteiger partial charge in [0.05, 0.1) is 12.1 Å². The number of rotatable bonds is 5. The van der Waals surface area contributed by atoms with Gasteiger partial charge in [-0.2, -0.15) is 0 Å². The van der Waals surface area contributed by atoms with Crippen molar-refractivity contribution in [3.8, 4) is 0 Å². The zero-order valence-electron chi connectivity index (χ0n) is 12.2. The number of hydrogen-bond donors (Lipinski definition) is 3. The Labute approximate surface area is 124 Å². The first kappa shape index (κ1) is 16.0. The van der Waals surface area contributed by atoms with Gasteiger partial charge >= 0.3 is 0 Å². The molecule has 1 fully saturated rings. The van der Waals surface area contributed by atoms with Crippen molar-refractivity contribution in [1.82, 2.24) is 14.6 Å². The average Bonchev–Trinajstić information content (AvgIpc) is 3.05. The third kappa shape index (κ3) is 3.12. The Balaban J connectivity index is 2.30. The van der Waals surface area contributed by atoms with E-state index in [0.717, 1.165) is 12.8 Å². The number of carbonyl (C=O) groups is 1. The topological polar surface area (TPSA) is 100 Å². The molecular formula is C13H21N3O4S. The fourth-order valence-corrected chi connectivity index (χ4v) is 4.24. The maximum absolute atomic E-state index is 12.5. The van der Waals surface area contributed by atoms with Crippen molar-refractivity contribution in [3.63, 3.8) is 0 Å². The first-order valence-electron chi connectivity index (χ1n) is 6.87. The Kier molecular flexibility index (Phi) is 4.40. The van der Waals surface area contributed by atoms with E-state index < -0.39 is 15.6 Å².